The Kier molecular flexibility index (Phi) is 2.76. The average molecular weight is 284 g/mol. The van der Waals surface area contributed by atoms with E-state index in [1.54, 1.807) is 0 Å². The van der Waals surface area contributed by atoms with Crippen LogP contribution in [0.25, 0.3) is 0 Å². The van der Waals surface area contributed by atoms with Crippen molar-refractivity contribution < 1.29 is 9.90 Å². The molecule has 2 fully saturated rings. The van der Waals surface area contributed by atoms with Gasteiger partial charge in [-0.1, -0.05) is 19.9 Å². The molecule has 21 heavy (non-hydrogen) atoms. The molecule has 1 aromatic rings. The Labute approximate surface area is 126 Å². The summed E-state index contributed by atoms with van der Waals surface area (Å²) >= 11 is 0. The third kappa shape index (κ3) is 1.74. The van der Waals surface area contributed by atoms with E-state index in [0.717, 1.165) is 32.1 Å². The molecule has 2 nitrogen and oxygen atoms in total. The maximum absolute atomic E-state index is 12.4. The smallest absolute Gasteiger partial charge is 0.139 e. The van der Waals surface area contributed by atoms with Crippen LogP contribution in [0.2, 0.25) is 0 Å². The maximum atomic E-state index is 12.4. The Morgan fingerprint density at radius 2 is 2.10 bits per heavy atom. The van der Waals surface area contributed by atoms with Gasteiger partial charge in [0.25, 0.3) is 0 Å². The van der Waals surface area contributed by atoms with Gasteiger partial charge in [0.05, 0.1) is 0 Å². The molecule has 0 radical (unpaired) electrons. The minimum absolute atomic E-state index is 0.0517. The topological polar surface area (TPSA) is 37.3 Å². The summed E-state index contributed by atoms with van der Waals surface area (Å²) in [4.78, 5) is 12.4. The first-order valence-corrected chi connectivity index (χ1v) is 8.36. The summed E-state index contributed by atoms with van der Waals surface area (Å²) in [6.07, 6.45) is 5.11. The lowest BCUT2D eigenvalue weighted by atomic mass is 9.53. The van der Waals surface area contributed by atoms with Gasteiger partial charge in [0.2, 0.25) is 0 Å². The number of hydrogen-bond donors (Lipinski definition) is 1. The van der Waals surface area contributed by atoms with Crippen molar-refractivity contribution in [3.05, 3.63) is 29.3 Å². The van der Waals surface area contributed by atoms with Gasteiger partial charge in [-0.15, -0.1) is 0 Å². The van der Waals surface area contributed by atoms with Gasteiger partial charge in [-0.05, 0) is 72.6 Å². The summed E-state index contributed by atoms with van der Waals surface area (Å²) in [6.45, 7) is 4.57. The van der Waals surface area contributed by atoms with Crippen LogP contribution in [0, 0.1) is 23.2 Å². The first kappa shape index (κ1) is 13.4. The van der Waals surface area contributed by atoms with Crippen LogP contribution in [-0.4, -0.2) is 10.9 Å². The van der Waals surface area contributed by atoms with Crippen molar-refractivity contribution in [3.8, 4) is 5.75 Å². The lowest BCUT2D eigenvalue weighted by molar-refractivity contribution is -0.129. The van der Waals surface area contributed by atoms with Crippen molar-refractivity contribution in [2.75, 3.05) is 0 Å². The summed E-state index contributed by atoms with van der Waals surface area (Å²) in [7, 11) is 0. The molecule has 0 bridgehead atoms. The van der Waals surface area contributed by atoms with Gasteiger partial charge >= 0.3 is 0 Å². The highest BCUT2D eigenvalue weighted by molar-refractivity contribution is 5.87. The fraction of sp³-hybridized carbons (Fsp3) is 0.632. The standard InChI is InChI=1S/C19H24O2/c1-11-9-12-10-13(20)3-4-14(12)15-7-8-19(2)16(18(11)15)5-6-17(19)21/h3-4,10-11,15-16,18,20H,5-9H2,1-2H3/t11-,15-,16+,18-,19-/m1/s1. The van der Waals surface area contributed by atoms with Crippen LogP contribution in [0.15, 0.2) is 18.2 Å². The number of carbonyl (C=O) groups excluding carboxylic acids is 1. The number of ketones is 1. The zero-order chi connectivity index (χ0) is 14.8. The van der Waals surface area contributed by atoms with Crippen molar-refractivity contribution in [1.29, 1.82) is 0 Å². The molecule has 0 spiro atoms. The van der Waals surface area contributed by atoms with E-state index in [0.29, 0.717) is 35.2 Å². The number of phenolic OH excluding ortho intramolecular Hbond substituents is 1. The van der Waals surface area contributed by atoms with Crippen LogP contribution in [0.3, 0.4) is 0 Å². The number of Topliss-reactive ketones (excluding diaryl/α,β-unsaturated/α-hetero) is 1. The molecule has 112 valence electrons. The van der Waals surface area contributed by atoms with Gasteiger partial charge in [-0.3, -0.25) is 4.79 Å². The molecule has 5 atom stereocenters. The summed E-state index contributed by atoms with van der Waals surface area (Å²) in [5, 5.41) is 9.75. The quantitative estimate of drug-likeness (QED) is 0.780. The van der Waals surface area contributed by atoms with E-state index in [1.807, 2.05) is 12.1 Å². The Balaban J connectivity index is 1.77. The van der Waals surface area contributed by atoms with Crippen molar-refractivity contribution >= 4 is 5.78 Å². The highest BCUT2D eigenvalue weighted by atomic mass is 16.3. The van der Waals surface area contributed by atoms with Crippen LogP contribution in [0.5, 0.6) is 5.75 Å². The predicted octanol–water partition coefficient (Wildman–Crippen LogP) is 4.06. The van der Waals surface area contributed by atoms with Crippen LogP contribution in [0.4, 0.5) is 0 Å². The van der Waals surface area contributed by atoms with Gasteiger partial charge in [0, 0.05) is 11.8 Å². The second kappa shape index (κ2) is 4.34. The van der Waals surface area contributed by atoms with Crippen molar-refractivity contribution in [3.63, 3.8) is 0 Å². The van der Waals surface area contributed by atoms with E-state index in [4.69, 9.17) is 0 Å². The number of hydrogen-bond acceptors (Lipinski definition) is 2. The first-order valence-electron chi connectivity index (χ1n) is 8.36. The van der Waals surface area contributed by atoms with Gasteiger partial charge in [0.1, 0.15) is 11.5 Å². The molecule has 1 aromatic carbocycles. The minimum Gasteiger partial charge on any atom is -0.508 e. The van der Waals surface area contributed by atoms with Gasteiger partial charge < -0.3 is 5.11 Å². The van der Waals surface area contributed by atoms with Crippen LogP contribution in [0.1, 0.15) is 56.6 Å². The monoisotopic (exact) mass is 284 g/mol. The van der Waals surface area contributed by atoms with E-state index >= 15 is 0 Å². The Bertz CT molecular complexity index is 606. The minimum atomic E-state index is -0.0517. The number of carbonyl (C=O) groups is 1. The molecule has 0 heterocycles. The summed E-state index contributed by atoms with van der Waals surface area (Å²) in [5.74, 6) is 3.31. The molecule has 0 saturated heterocycles. The van der Waals surface area contributed by atoms with E-state index < -0.39 is 0 Å². The van der Waals surface area contributed by atoms with Gasteiger partial charge in [-0.25, -0.2) is 0 Å². The van der Waals surface area contributed by atoms with Crippen LogP contribution in [-0.2, 0) is 11.2 Å². The number of aromatic hydroxyl groups is 1. The molecular formula is C19H24O2. The molecule has 1 N–H and O–H groups in total. The van der Waals surface area contributed by atoms with Gasteiger partial charge in [-0.2, -0.15) is 0 Å². The molecule has 3 aliphatic rings. The SMILES string of the molecule is C[C@@H]1Cc2cc(O)ccc2[C@H]2CC[C@@]3(C)C(=O)CC[C@H]3[C@H]12. The number of rotatable bonds is 0. The second-order valence-corrected chi connectivity index (χ2v) is 7.77. The molecule has 0 amide bonds. The lowest BCUT2D eigenvalue weighted by Gasteiger charge is -2.51. The number of phenols is 1. The van der Waals surface area contributed by atoms with E-state index in [1.165, 1.54) is 11.1 Å². The van der Waals surface area contributed by atoms with Crippen LogP contribution >= 0.6 is 0 Å². The molecule has 2 heteroatoms. The highest BCUT2D eigenvalue weighted by Crippen LogP contribution is 2.60. The molecule has 2 saturated carbocycles. The summed E-state index contributed by atoms with van der Waals surface area (Å²) in [5.41, 5.74) is 2.72. The maximum Gasteiger partial charge on any atom is 0.139 e. The normalized spacial score (nSPS) is 41.3. The molecular weight excluding hydrogens is 260 g/mol. The largest absolute Gasteiger partial charge is 0.508 e. The molecule has 4 rings (SSSR count). The average Bonchev–Trinajstić information content (AvgIpc) is 2.74. The first-order chi connectivity index (χ1) is 10.0. The Morgan fingerprint density at radius 1 is 1.29 bits per heavy atom. The zero-order valence-electron chi connectivity index (χ0n) is 12.9. The van der Waals surface area contributed by atoms with Crippen LogP contribution < -0.4 is 0 Å². The second-order valence-electron chi connectivity index (χ2n) is 7.77. The van der Waals surface area contributed by atoms with E-state index in [9.17, 15) is 9.90 Å². The van der Waals surface area contributed by atoms with E-state index in [2.05, 4.69) is 19.9 Å². The van der Waals surface area contributed by atoms with Crippen molar-refractivity contribution in [1.82, 2.24) is 0 Å². The van der Waals surface area contributed by atoms with Gasteiger partial charge in [0.15, 0.2) is 0 Å². The number of benzene rings is 1. The molecule has 3 aliphatic carbocycles. The lowest BCUT2D eigenvalue weighted by Crippen LogP contribution is -2.45. The summed E-state index contributed by atoms with van der Waals surface area (Å²) in [6, 6.07) is 5.92. The third-order valence-electron chi connectivity index (χ3n) is 6.77. The molecule has 0 aromatic heterocycles. The van der Waals surface area contributed by atoms with E-state index in [-0.39, 0.29) is 5.41 Å². The fourth-order valence-corrected chi connectivity index (χ4v) is 5.74. The number of fused-ring (bicyclic) bond motifs is 5. The Morgan fingerprint density at radius 3 is 2.90 bits per heavy atom. The van der Waals surface area contributed by atoms with Crippen molar-refractivity contribution in [2.45, 2.75) is 51.9 Å². The fourth-order valence-electron chi connectivity index (χ4n) is 5.74. The zero-order valence-corrected chi connectivity index (χ0v) is 12.9. The summed E-state index contributed by atoms with van der Waals surface area (Å²) < 4.78 is 0. The molecule has 0 unspecified atom stereocenters. The predicted molar refractivity (Wildman–Crippen MR) is 82.3 cm³/mol. The van der Waals surface area contributed by atoms with Crippen molar-refractivity contribution in [2.24, 2.45) is 23.2 Å². The third-order valence-corrected chi connectivity index (χ3v) is 6.77. The highest BCUT2D eigenvalue weighted by Gasteiger charge is 2.56. The molecule has 0 aliphatic heterocycles. The Hall–Kier alpha value is -1.31.